The van der Waals surface area contributed by atoms with Gasteiger partial charge >= 0.3 is 5.97 Å². The Morgan fingerprint density at radius 2 is 1.46 bits per heavy atom. The molecule has 24 heavy (non-hydrogen) atoms. The first kappa shape index (κ1) is 21.0. The number of carbonyl (C=O) groups is 1. The number of ether oxygens (including phenoxy) is 1. The van der Waals surface area contributed by atoms with Gasteiger partial charge in [-0.15, -0.1) is 0 Å². The molecule has 0 bridgehead atoms. The Morgan fingerprint density at radius 1 is 0.958 bits per heavy atom. The largest absolute Gasteiger partial charge is 0.457 e. The topological polar surface area (TPSA) is 60.4 Å². The van der Waals surface area contributed by atoms with E-state index in [-0.39, 0.29) is 11.5 Å². The molecule has 1 rings (SSSR count). The van der Waals surface area contributed by atoms with Crippen molar-refractivity contribution in [2.24, 2.45) is 0 Å². The first-order chi connectivity index (χ1) is 11.6. The third kappa shape index (κ3) is 8.73. The highest BCUT2D eigenvalue weighted by Gasteiger charge is 2.21. The molecule has 0 aliphatic heterocycles. The predicted molar refractivity (Wildman–Crippen MR) is 101 cm³/mol. The van der Waals surface area contributed by atoms with Crippen LogP contribution in [0.1, 0.15) is 49.9 Å². The summed E-state index contributed by atoms with van der Waals surface area (Å²) in [6, 6.07) is 8.73. The van der Waals surface area contributed by atoms with Gasteiger partial charge < -0.3 is 4.74 Å². The van der Waals surface area contributed by atoms with Gasteiger partial charge in [0.15, 0.2) is 0 Å². The second kappa shape index (κ2) is 12.4. The van der Waals surface area contributed by atoms with Gasteiger partial charge in [-0.25, -0.2) is 4.79 Å². The lowest BCUT2D eigenvalue weighted by Gasteiger charge is -2.17. The van der Waals surface area contributed by atoms with Crippen LogP contribution in [0.4, 0.5) is 0 Å². The van der Waals surface area contributed by atoms with Gasteiger partial charge in [-0.2, -0.15) is 0 Å². The van der Waals surface area contributed by atoms with Crippen LogP contribution in [-0.4, -0.2) is 43.5 Å². The number of carbonyl (C=O) groups excluding carboxylic acids is 1. The third-order valence-electron chi connectivity index (χ3n) is 3.48. The van der Waals surface area contributed by atoms with Crippen molar-refractivity contribution in [1.82, 2.24) is 0 Å². The van der Waals surface area contributed by atoms with Crippen molar-refractivity contribution in [2.45, 2.75) is 45.6 Å². The molecule has 0 saturated heterocycles. The maximum Gasteiger partial charge on any atom is 0.338 e. The average molecular weight is 373 g/mol. The van der Waals surface area contributed by atoms with Gasteiger partial charge in [-0.1, -0.05) is 44.9 Å². The minimum absolute atomic E-state index is 0.260. The van der Waals surface area contributed by atoms with E-state index in [0.717, 1.165) is 25.7 Å². The van der Waals surface area contributed by atoms with Crippen LogP contribution in [0, 0.1) is 0 Å². The zero-order chi connectivity index (χ0) is 17.8. The number of benzene rings is 1. The van der Waals surface area contributed by atoms with E-state index in [1.54, 1.807) is 24.3 Å². The second-order valence-corrected chi connectivity index (χ2v) is 8.96. The van der Waals surface area contributed by atoms with Gasteiger partial charge in [0.05, 0.1) is 17.1 Å². The van der Waals surface area contributed by atoms with E-state index in [1.807, 2.05) is 19.9 Å². The summed E-state index contributed by atoms with van der Waals surface area (Å²) in [5, 5.41) is 0. The molecule has 136 valence electrons. The molecule has 0 radical (unpaired) electrons. The predicted octanol–water partition coefficient (Wildman–Crippen LogP) is 3.31. The van der Waals surface area contributed by atoms with Gasteiger partial charge in [-0.3, -0.25) is 8.42 Å². The van der Waals surface area contributed by atoms with Crippen molar-refractivity contribution in [3.8, 4) is 0 Å². The maximum absolute atomic E-state index is 12.2. The third-order valence-corrected chi connectivity index (χ3v) is 6.45. The summed E-state index contributed by atoms with van der Waals surface area (Å²) >= 11 is 0. The molecule has 0 aromatic heterocycles. The molecule has 0 fully saturated rings. The Kier molecular flexibility index (Phi) is 10.8. The Labute approximate surface area is 150 Å². The molecule has 1 unspecified atom stereocenters. The second-order valence-electron chi connectivity index (χ2n) is 5.72. The molecular formula is C18H28O4S2. The molecule has 0 spiro atoms. The van der Waals surface area contributed by atoms with Crippen LogP contribution in [0.3, 0.4) is 0 Å². The zero-order valence-corrected chi connectivity index (χ0v) is 16.2. The smallest absolute Gasteiger partial charge is 0.338 e. The lowest BCUT2D eigenvalue weighted by Crippen LogP contribution is -2.31. The fourth-order valence-corrected chi connectivity index (χ4v) is 5.01. The number of hydrogen-bond acceptors (Lipinski definition) is 4. The highest BCUT2D eigenvalue weighted by Crippen LogP contribution is 2.08. The highest BCUT2D eigenvalue weighted by atomic mass is 32.2. The average Bonchev–Trinajstić information content (AvgIpc) is 2.58. The summed E-state index contributed by atoms with van der Waals surface area (Å²) in [6.07, 6.45) is 3.15. The van der Waals surface area contributed by atoms with Crippen LogP contribution in [0.5, 0.6) is 0 Å². The monoisotopic (exact) mass is 372 g/mol. The van der Waals surface area contributed by atoms with Crippen LogP contribution < -0.4 is 0 Å². The molecule has 4 nitrogen and oxygen atoms in total. The van der Waals surface area contributed by atoms with E-state index in [1.165, 1.54) is 0 Å². The normalized spacial score (nSPS) is 14.8. The molecule has 3 atom stereocenters. The van der Waals surface area contributed by atoms with E-state index >= 15 is 0 Å². The summed E-state index contributed by atoms with van der Waals surface area (Å²) in [5.74, 6) is 1.27. The quantitative estimate of drug-likeness (QED) is 0.528. The van der Waals surface area contributed by atoms with Crippen molar-refractivity contribution in [3.63, 3.8) is 0 Å². The number of rotatable bonds is 12. The van der Waals surface area contributed by atoms with Gasteiger partial charge in [0.1, 0.15) is 6.10 Å². The number of esters is 1. The molecule has 0 aliphatic carbocycles. The fraction of sp³-hybridized carbons (Fsp3) is 0.611. The molecule has 0 heterocycles. The summed E-state index contributed by atoms with van der Waals surface area (Å²) in [4.78, 5) is 12.2. The molecule has 1 aromatic rings. The standard InChI is InChI=1S/C18H28O4S2/c1-3-5-12-23(20)14-17(15-24(21)13-6-4-2)22-18(19)16-10-8-7-9-11-16/h7-11,17H,3-6,12-15H2,1-2H3/t17?,23-,24+. The maximum atomic E-state index is 12.2. The van der Waals surface area contributed by atoms with Crippen molar-refractivity contribution in [3.05, 3.63) is 35.9 Å². The molecule has 0 aliphatic rings. The molecule has 1 aromatic carbocycles. The minimum Gasteiger partial charge on any atom is -0.457 e. The van der Waals surface area contributed by atoms with E-state index in [4.69, 9.17) is 4.74 Å². The SMILES string of the molecule is CCCC[S@@](=O)CC(C[S@@](=O)CCCC)OC(=O)c1ccccc1. The Bertz CT molecular complexity index is 509. The molecule has 0 amide bonds. The van der Waals surface area contributed by atoms with Crippen molar-refractivity contribution in [2.75, 3.05) is 23.0 Å². The van der Waals surface area contributed by atoms with Crippen LogP contribution in [0.25, 0.3) is 0 Å². The van der Waals surface area contributed by atoms with Crippen LogP contribution >= 0.6 is 0 Å². The molecular weight excluding hydrogens is 344 g/mol. The number of unbranched alkanes of at least 4 members (excludes halogenated alkanes) is 2. The Balaban J connectivity index is 2.66. The van der Waals surface area contributed by atoms with Crippen LogP contribution in [-0.2, 0) is 26.3 Å². The van der Waals surface area contributed by atoms with Crippen molar-refractivity contribution in [1.29, 1.82) is 0 Å². The summed E-state index contributed by atoms with van der Waals surface area (Å²) in [5.41, 5.74) is 0.459. The van der Waals surface area contributed by atoms with Gasteiger partial charge in [0, 0.05) is 33.1 Å². The van der Waals surface area contributed by atoms with E-state index in [9.17, 15) is 13.2 Å². The number of hydrogen-bond donors (Lipinski definition) is 0. The fourth-order valence-electron chi connectivity index (χ4n) is 2.10. The summed E-state index contributed by atoms with van der Waals surface area (Å²) in [6.45, 7) is 4.09. The Hall–Kier alpha value is -1.01. The van der Waals surface area contributed by atoms with Crippen molar-refractivity contribution < 1.29 is 17.9 Å². The van der Waals surface area contributed by atoms with Crippen LogP contribution in [0.2, 0.25) is 0 Å². The Morgan fingerprint density at radius 3 is 1.92 bits per heavy atom. The molecule has 6 heteroatoms. The lowest BCUT2D eigenvalue weighted by atomic mass is 10.2. The van der Waals surface area contributed by atoms with E-state index < -0.39 is 33.7 Å². The zero-order valence-electron chi connectivity index (χ0n) is 14.6. The van der Waals surface area contributed by atoms with E-state index in [0.29, 0.717) is 17.1 Å². The first-order valence-corrected chi connectivity index (χ1v) is 11.5. The minimum atomic E-state index is -1.06. The van der Waals surface area contributed by atoms with Crippen LogP contribution in [0.15, 0.2) is 30.3 Å². The van der Waals surface area contributed by atoms with Gasteiger partial charge in [0.2, 0.25) is 0 Å². The summed E-state index contributed by atoms with van der Waals surface area (Å²) < 4.78 is 29.8. The molecule has 0 N–H and O–H groups in total. The first-order valence-electron chi connectivity index (χ1n) is 8.52. The van der Waals surface area contributed by atoms with E-state index in [2.05, 4.69) is 0 Å². The summed E-state index contributed by atoms with van der Waals surface area (Å²) in [7, 11) is -2.11. The molecule has 0 saturated carbocycles. The van der Waals surface area contributed by atoms with Gasteiger partial charge in [0.25, 0.3) is 0 Å². The highest BCUT2D eigenvalue weighted by molar-refractivity contribution is 7.86. The van der Waals surface area contributed by atoms with Crippen molar-refractivity contribution >= 4 is 27.6 Å². The lowest BCUT2D eigenvalue weighted by molar-refractivity contribution is 0.0391. The van der Waals surface area contributed by atoms with Gasteiger partial charge in [-0.05, 0) is 25.0 Å².